The lowest BCUT2D eigenvalue weighted by molar-refractivity contribution is -0.121. The van der Waals surface area contributed by atoms with Crippen LogP contribution in [0.2, 0.25) is 0 Å². The smallest absolute Gasteiger partial charge is 0.248 e. The molecule has 0 aliphatic carbocycles. The van der Waals surface area contributed by atoms with Crippen molar-refractivity contribution in [3.05, 3.63) is 66.7 Å². The van der Waals surface area contributed by atoms with Crippen LogP contribution in [0.1, 0.15) is 0 Å². The Balaban J connectivity index is 1.74. The van der Waals surface area contributed by atoms with Crippen molar-refractivity contribution in [1.29, 1.82) is 0 Å². The number of hydrogen-bond acceptors (Lipinski definition) is 4. The van der Waals surface area contributed by atoms with E-state index in [1.165, 1.54) is 4.90 Å². The van der Waals surface area contributed by atoms with Crippen molar-refractivity contribution in [2.45, 2.75) is 0 Å². The molecule has 1 heterocycles. The van der Waals surface area contributed by atoms with Gasteiger partial charge in [0.2, 0.25) is 21.8 Å². The molecule has 2 amide bonds. The number of para-hydroxylation sites is 2. The first kappa shape index (κ1) is 18.9. The van der Waals surface area contributed by atoms with Crippen LogP contribution in [0.4, 0.5) is 17.1 Å². The summed E-state index contributed by atoms with van der Waals surface area (Å²) in [6.45, 7) is -0.572. The minimum atomic E-state index is -3.75. The van der Waals surface area contributed by atoms with E-state index in [9.17, 15) is 18.0 Å². The molecule has 0 fully saturated rings. The SMILES string of the molecule is CS(=O)(=O)N(CC(=O)N1CC(=O)Nc2ccccc21)c1cccc2ccccc12. The number of sulfonamides is 1. The number of nitrogens with one attached hydrogen (secondary N) is 1. The zero-order valence-electron chi connectivity index (χ0n) is 15.7. The molecule has 0 saturated heterocycles. The first-order valence-electron chi connectivity index (χ1n) is 8.99. The van der Waals surface area contributed by atoms with Crippen LogP contribution in [-0.2, 0) is 19.6 Å². The minimum Gasteiger partial charge on any atom is -0.323 e. The van der Waals surface area contributed by atoms with E-state index in [1.807, 2.05) is 30.3 Å². The maximum absolute atomic E-state index is 13.1. The Bertz CT molecular complexity index is 1220. The summed E-state index contributed by atoms with van der Waals surface area (Å²) in [7, 11) is -3.75. The lowest BCUT2D eigenvalue weighted by Gasteiger charge is -2.31. The van der Waals surface area contributed by atoms with Gasteiger partial charge in [-0.3, -0.25) is 18.8 Å². The average molecular weight is 409 g/mol. The number of anilines is 3. The van der Waals surface area contributed by atoms with Crippen LogP contribution in [-0.4, -0.2) is 39.6 Å². The van der Waals surface area contributed by atoms with Gasteiger partial charge in [-0.2, -0.15) is 0 Å². The van der Waals surface area contributed by atoms with Gasteiger partial charge in [-0.25, -0.2) is 8.42 Å². The number of rotatable bonds is 4. The van der Waals surface area contributed by atoms with E-state index >= 15 is 0 Å². The van der Waals surface area contributed by atoms with E-state index in [4.69, 9.17) is 0 Å². The lowest BCUT2D eigenvalue weighted by atomic mass is 10.1. The number of fused-ring (bicyclic) bond motifs is 2. The Morgan fingerprint density at radius 3 is 2.52 bits per heavy atom. The van der Waals surface area contributed by atoms with Crippen LogP contribution >= 0.6 is 0 Å². The molecular formula is C21H19N3O4S. The van der Waals surface area contributed by atoms with Crippen molar-refractivity contribution in [2.24, 2.45) is 0 Å². The van der Waals surface area contributed by atoms with Crippen LogP contribution < -0.4 is 14.5 Å². The summed E-state index contributed by atoms with van der Waals surface area (Å²) in [5, 5.41) is 4.32. The molecule has 0 saturated carbocycles. The van der Waals surface area contributed by atoms with Crippen molar-refractivity contribution >= 4 is 49.7 Å². The Morgan fingerprint density at radius 1 is 1.03 bits per heavy atom. The first-order chi connectivity index (χ1) is 13.8. The lowest BCUT2D eigenvalue weighted by Crippen LogP contribution is -2.47. The summed E-state index contributed by atoms with van der Waals surface area (Å²) in [4.78, 5) is 26.5. The fourth-order valence-electron chi connectivity index (χ4n) is 3.47. The van der Waals surface area contributed by atoms with Gasteiger partial charge in [0.1, 0.15) is 13.1 Å². The molecule has 4 rings (SSSR count). The van der Waals surface area contributed by atoms with E-state index in [0.29, 0.717) is 17.1 Å². The Kier molecular flexibility index (Phi) is 4.71. The van der Waals surface area contributed by atoms with Gasteiger partial charge >= 0.3 is 0 Å². The number of carbonyl (C=O) groups excluding carboxylic acids is 2. The van der Waals surface area contributed by atoms with E-state index in [0.717, 1.165) is 21.3 Å². The molecule has 7 nitrogen and oxygen atoms in total. The number of amides is 2. The monoisotopic (exact) mass is 409 g/mol. The molecule has 8 heteroatoms. The quantitative estimate of drug-likeness (QED) is 0.718. The normalized spacial score (nSPS) is 13.7. The largest absolute Gasteiger partial charge is 0.323 e. The number of carbonyl (C=O) groups is 2. The van der Waals surface area contributed by atoms with Crippen molar-refractivity contribution in [2.75, 3.05) is 33.9 Å². The summed E-state index contributed by atoms with van der Waals surface area (Å²) in [5.74, 6) is -0.807. The average Bonchev–Trinajstić information content (AvgIpc) is 2.70. The summed E-state index contributed by atoms with van der Waals surface area (Å²) in [6, 6.07) is 19.6. The number of nitrogens with zero attached hydrogens (tertiary/aromatic N) is 2. The Morgan fingerprint density at radius 2 is 1.72 bits per heavy atom. The summed E-state index contributed by atoms with van der Waals surface area (Å²) < 4.78 is 26.2. The predicted octanol–water partition coefficient (Wildman–Crippen LogP) is 2.59. The van der Waals surface area contributed by atoms with Gasteiger partial charge in [-0.05, 0) is 23.6 Å². The van der Waals surface area contributed by atoms with Gasteiger partial charge in [0, 0.05) is 5.39 Å². The highest BCUT2D eigenvalue weighted by molar-refractivity contribution is 7.92. The second-order valence-corrected chi connectivity index (χ2v) is 8.72. The number of benzene rings is 3. The topological polar surface area (TPSA) is 86.8 Å². The standard InChI is InChI=1S/C21H19N3O4S/c1-29(27,28)24(18-12-6-8-15-7-2-3-9-16(15)18)14-21(26)23-13-20(25)22-17-10-4-5-11-19(17)23/h2-12H,13-14H2,1H3,(H,22,25). The van der Waals surface area contributed by atoms with E-state index in [2.05, 4.69) is 5.32 Å². The Labute approximate surface area is 168 Å². The zero-order valence-corrected chi connectivity index (χ0v) is 16.5. The van der Waals surface area contributed by atoms with Gasteiger partial charge in [0.05, 0.1) is 23.3 Å². The molecule has 148 valence electrons. The van der Waals surface area contributed by atoms with E-state index in [1.54, 1.807) is 36.4 Å². The van der Waals surface area contributed by atoms with Crippen LogP contribution in [0.5, 0.6) is 0 Å². The summed E-state index contributed by atoms with van der Waals surface area (Å²) in [6.07, 6.45) is 1.07. The highest BCUT2D eigenvalue weighted by Crippen LogP contribution is 2.31. The van der Waals surface area contributed by atoms with Gasteiger partial charge in [0.15, 0.2) is 0 Å². The highest BCUT2D eigenvalue weighted by atomic mass is 32.2. The van der Waals surface area contributed by atoms with Gasteiger partial charge in [0.25, 0.3) is 0 Å². The van der Waals surface area contributed by atoms with Crippen molar-refractivity contribution in [3.63, 3.8) is 0 Å². The third-order valence-electron chi connectivity index (χ3n) is 4.79. The first-order valence-corrected chi connectivity index (χ1v) is 10.8. The summed E-state index contributed by atoms with van der Waals surface area (Å²) >= 11 is 0. The maximum Gasteiger partial charge on any atom is 0.248 e. The molecule has 0 radical (unpaired) electrons. The molecule has 0 bridgehead atoms. The molecule has 1 N–H and O–H groups in total. The van der Waals surface area contributed by atoms with E-state index in [-0.39, 0.29) is 12.5 Å². The third kappa shape index (κ3) is 3.66. The van der Waals surface area contributed by atoms with Crippen molar-refractivity contribution in [1.82, 2.24) is 0 Å². The predicted molar refractivity (Wildman–Crippen MR) is 114 cm³/mol. The molecule has 0 atom stereocenters. The second-order valence-electron chi connectivity index (χ2n) is 6.81. The maximum atomic E-state index is 13.1. The van der Waals surface area contributed by atoms with Crippen LogP contribution in [0, 0.1) is 0 Å². The van der Waals surface area contributed by atoms with Crippen LogP contribution in [0.15, 0.2) is 66.7 Å². The van der Waals surface area contributed by atoms with Gasteiger partial charge in [-0.1, -0.05) is 48.5 Å². The zero-order chi connectivity index (χ0) is 20.6. The van der Waals surface area contributed by atoms with Crippen LogP contribution in [0.25, 0.3) is 10.8 Å². The minimum absolute atomic E-state index is 0.164. The molecule has 0 unspecified atom stereocenters. The highest BCUT2D eigenvalue weighted by Gasteiger charge is 2.30. The molecule has 1 aliphatic heterocycles. The van der Waals surface area contributed by atoms with Crippen molar-refractivity contribution in [3.8, 4) is 0 Å². The fraction of sp³-hybridized carbons (Fsp3) is 0.143. The fourth-order valence-corrected chi connectivity index (χ4v) is 4.33. The van der Waals surface area contributed by atoms with Crippen molar-refractivity contribution < 1.29 is 18.0 Å². The number of hydrogen-bond donors (Lipinski definition) is 1. The second kappa shape index (κ2) is 7.21. The van der Waals surface area contributed by atoms with Crippen LogP contribution in [0.3, 0.4) is 0 Å². The Hall–Kier alpha value is -3.39. The molecule has 3 aromatic rings. The van der Waals surface area contributed by atoms with E-state index < -0.39 is 22.5 Å². The third-order valence-corrected chi connectivity index (χ3v) is 5.91. The molecular weight excluding hydrogens is 390 g/mol. The van der Waals surface area contributed by atoms with Gasteiger partial charge in [-0.15, -0.1) is 0 Å². The molecule has 0 aromatic heterocycles. The molecule has 3 aromatic carbocycles. The van der Waals surface area contributed by atoms with Gasteiger partial charge < -0.3 is 5.32 Å². The molecule has 0 spiro atoms. The summed E-state index contributed by atoms with van der Waals surface area (Å²) in [5.41, 5.74) is 1.49. The molecule has 1 aliphatic rings. The molecule has 29 heavy (non-hydrogen) atoms.